The van der Waals surface area contributed by atoms with Crippen molar-refractivity contribution in [1.82, 2.24) is 10.7 Å². The number of carboxylic acids is 3. The van der Waals surface area contributed by atoms with Gasteiger partial charge in [0.2, 0.25) is 0 Å². The molecule has 0 unspecified atom stereocenters. The normalized spacial score (nSPS) is 12.1. The van der Waals surface area contributed by atoms with Crippen LogP contribution in [0.4, 0.5) is 5.69 Å². The molecule has 0 fully saturated rings. The average molecular weight is 493 g/mol. The van der Waals surface area contributed by atoms with Crippen molar-refractivity contribution >= 4 is 23.6 Å². The summed E-state index contributed by atoms with van der Waals surface area (Å²) in [5.74, 6) is -3.08. The predicted molar refractivity (Wildman–Crippen MR) is 133 cm³/mol. The SMILES string of the molecule is O=C(O)CN[C@@H](Cc1ccccc1)C(=O)O.O=C(O)[C@H](Cc1ccccc1)NN=Nc1ccccc1. The first-order valence-electron chi connectivity index (χ1n) is 11.0. The molecule has 188 valence electrons. The van der Waals surface area contributed by atoms with Crippen molar-refractivity contribution in [3.8, 4) is 0 Å². The number of nitrogens with zero attached hydrogens (tertiary/aromatic N) is 2. The van der Waals surface area contributed by atoms with E-state index in [1.807, 2.05) is 66.7 Å². The minimum absolute atomic E-state index is 0.267. The second kappa shape index (κ2) is 15.4. The van der Waals surface area contributed by atoms with Gasteiger partial charge < -0.3 is 15.3 Å². The lowest BCUT2D eigenvalue weighted by Crippen LogP contribution is -2.41. The van der Waals surface area contributed by atoms with Gasteiger partial charge in [-0.2, -0.15) is 0 Å². The van der Waals surface area contributed by atoms with Crippen LogP contribution >= 0.6 is 0 Å². The molecule has 0 aromatic heterocycles. The zero-order chi connectivity index (χ0) is 26.2. The zero-order valence-electron chi connectivity index (χ0n) is 19.4. The summed E-state index contributed by atoms with van der Waals surface area (Å²) < 4.78 is 0. The first-order valence-corrected chi connectivity index (χ1v) is 11.0. The smallest absolute Gasteiger partial charge is 0.328 e. The number of hydrogen-bond donors (Lipinski definition) is 5. The Labute approximate surface area is 208 Å². The van der Waals surface area contributed by atoms with E-state index in [1.54, 1.807) is 24.3 Å². The maximum Gasteiger partial charge on any atom is 0.328 e. The summed E-state index contributed by atoms with van der Waals surface area (Å²) in [4.78, 5) is 32.4. The number of carboxylic acid groups (broad SMARTS) is 3. The molecule has 0 saturated heterocycles. The van der Waals surface area contributed by atoms with Crippen molar-refractivity contribution in [3.05, 3.63) is 102 Å². The summed E-state index contributed by atoms with van der Waals surface area (Å²) >= 11 is 0. The molecule has 5 N–H and O–H groups in total. The number of aliphatic carboxylic acids is 3. The molecule has 0 aliphatic rings. The highest BCUT2D eigenvalue weighted by atomic mass is 16.4. The van der Waals surface area contributed by atoms with E-state index in [-0.39, 0.29) is 13.0 Å². The van der Waals surface area contributed by atoms with Crippen molar-refractivity contribution in [2.45, 2.75) is 24.9 Å². The Bertz CT molecular complexity index is 1110. The highest BCUT2D eigenvalue weighted by Crippen LogP contribution is 2.10. The van der Waals surface area contributed by atoms with E-state index in [0.29, 0.717) is 12.1 Å². The highest BCUT2D eigenvalue weighted by Gasteiger charge is 2.18. The van der Waals surface area contributed by atoms with Crippen LogP contribution in [-0.4, -0.2) is 51.9 Å². The fraction of sp³-hybridized carbons (Fsp3) is 0.192. The quantitative estimate of drug-likeness (QED) is 0.190. The molecule has 0 radical (unpaired) electrons. The molecule has 3 aromatic carbocycles. The number of benzene rings is 3. The molecule has 36 heavy (non-hydrogen) atoms. The van der Waals surface area contributed by atoms with Gasteiger partial charge in [-0.1, -0.05) is 84.1 Å². The van der Waals surface area contributed by atoms with E-state index in [2.05, 4.69) is 21.1 Å². The van der Waals surface area contributed by atoms with Gasteiger partial charge >= 0.3 is 17.9 Å². The maximum atomic E-state index is 11.2. The Balaban J connectivity index is 0.000000261. The summed E-state index contributed by atoms with van der Waals surface area (Å²) in [7, 11) is 0. The van der Waals surface area contributed by atoms with Crippen LogP contribution in [0, 0.1) is 0 Å². The molecule has 2 atom stereocenters. The largest absolute Gasteiger partial charge is 0.480 e. The van der Waals surface area contributed by atoms with E-state index in [9.17, 15) is 14.4 Å². The minimum Gasteiger partial charge on any atom is -0.480 e. The van der Waals surface area contributed by atoms with Gasteiger partial charge in [0.15, 0.2) is 0 Å². The molecule has 0 amide bonds. The summed E-state index contributed by atoms with van der Waals surface area (Å²) in [6.45, 7) is -0.357. The monoisotopic (exact) mass is 492 g/mol. The Hall–Kier alpha value is -4.57. The van der Waals surface area contributed by atoms with Gasteiger partial charge in [-0.05, 0) is 29.7 Å². The number of nitrogens with one attached hydrogen (secondary N) is 2. The summed E-state index contributed by atoms with van der Waals surface area (Å²) in [5, 5.41) is 36.7. The third kappa shape index (κ3) is 11.0. The molecular formula is C26H28N4O6. The summed E-state index contributed by atoms with van der Waals surface area (Å²) in [5.41, 5.74) is 5.03. The van der Waals surface area contributed by atoms with E-state index in [4.69, 9.17) is 15.3 Å². The van der Waals surface area contributed by atoms with Gasteiger partial charge in [-0.25, -0.2) is 4.79 Å². The Morgan fingerprint density at radius 3 is 1.56 bits per heavy atom. The average Bonchev–Trinajstić information content (AvgIpc) is 2.88. The Kier molecular flexibility index (Phi) is 11.8. The number of hydrogen-bond acceptors (Lipinski definition) is 6. The van der Waals surface area contributed by atoms with Gasteiger partial charge in [-0.3, -0.25) is 20.3 Å². The molecule has 0 bridgehead atoms. The van der Waals surface area contributed by atoms with Crippen LogP contribution in [-0.2, 0) is 27.2 Å². The molecule has 0 saturated carbocycles. The third-order valence-corrected chi connectivity index (χ3v) is 4.80. The van der Waals surface area contributed by atoms with Gasteiger partial charge in [0, 0.05) is 6.42 Å². The van der Waals surface area contributed by atoms with E-state index in [0.717, 1.165) is 11.1 Å². The second-order valence-electron chi connectivity index (χ2n) is 7.60. The van der Waals surface area contributed by atoms with Crippen molar-refractivity contribution in [3.63, 3.8) is 0 Å². The van der Waals surface area contributed by atoms with Crippen molar-refractivity contribution in [2.24, 2.45) is 10.3 Å². The Morgan fingerprint density at radius 1 is 0.667 bits per heavy atom. The van der Waals surface area contributed by atoms with Crippen LogP contribution in [0.3, 0.4) is 0 Å². The lowest BCUT2D eigenvalue weighted by atomic mass is 10.1. The molecule has 3 aromatic rings. The van der Waals surface area contributed by atoms with Crippen LogP contribution in [0.25, 0.3) is 0 Å². The Morgan fingerprint density at radius 2 is 1.11 bits per heavy atom. The molecule has 0 aliphatic carbocycles. The lowest BCUT2D eigenvalue weighted by Gasteiger charge is -2.12. The number of rotatable bonds is 12. The van der Waals surface area contributed by atoms with Crippen LogP contribution in [0.1, 0.15) is 11.1 Å². The van der Waals surface area contributed by atoms with Gasteiger partial charge in [0.1, 0.15) is 12.1 Å². The summed E-state index contributed by atoms with van der Waals surface area (Å²) in [6.07, 6.45) is 0.618. The van der Waals surface area contributed by atoms with Gasteiger partial charge in [0.25, 0.3) is 0 Å². The van der Waals surface area contributed by atoms with Gasteiger partial charge in [0.05, 0.1) is 12.2 Å². The van der Waals surface area contributed by atoms with Crippen LogP contribution < -0.4 is 10.7 Å². The van der Waals surface area contributed by atoms with Crippen molar-refractivity contribution in [1.29, 1.82) is 0 Å². The predicted octanol–water partition coefficient (Wildman–Crippen LogP) is 3.33. The molecule has 0 heterocycles. The van der Waals surface area contributed by atoms with Crippen LogP contribution in [0.15, 0.2) is 101 Å². The lowest BCUT2D eigenvalue weighted by molar-refractivity contribution is -0.141. The second-order valence-corrected chi connectivity index (χ2v) is 7.60. The first-order chi connectivity index (χ1) is 17.3. The highest BCUT2D eigenvalue weighted by molar-refractivity contribution is 5.76. The third-order valence-electron chi connectivity index (χ3n) is 4.80. The van der Waals surface area contributed by atoms with E-state index in [1.165, 1.54) is 0 Å². The number of carbonyl (C=O) groups is 3. The fourth-order valence-corrected chi connectivity index (χ4v) is 3.00. The summed E-state index contributed by atoms with van der Waals surface area (Å²) in [6, 6.07) is 25.9. The topological polar surface area (TPSA) is 161 Å². The molecule has 10 nitrogen and oxygen atoms in total. The van der Waals surface area contributed by atoms with E-state index >= 15 is 0 Å². The molecule has 3 rings (SSSR count). The van der Waals surface area contributed by atoms with Crippen LogP contribution in [0.2, 0.25) is 0 Å². The van der Waals surface area contributed by atoms with E-state index < -0.39 is 30.0 Å². The molecule has 10 heteroatoms. The van der Waals surface area contributed by atoms with Crippen LogP contribution in [0.5, 0.6) is 0 Å². The first kappa shape index (κ1) is 27.7. The van der Waals surface area contributed by atoms with Crippen molar-refractivity contribution in [2.75, 3.05) is 6.54 Å². The van der Waals surface area contributed by atoms with Gasteiger partial charge in [-0.15, -0.1) is 5.11 Å². The molecular weight excluding hydrogens is 464 g/mol. The molecule has 0 aliphatic heterocycles. The maximum absolute atomic E-state index is 11.2. The van der Waals surface area contributed by atoms with Crippen molar-refractivity contribution < 1.29 is 29.7 Å². The zero-order valence-corrected chi connectivity index (χ0v) is 19.4. The molecule has 0 spiro atoms. The minimum atomic E-state index is -1.07. The standard InChI is InChI=1S/C15H15N3O2.C11H13NO4/c19-15(20)14(11-12-7-3-1-4-8-12)17-18-16-13-9-5-2-6-10-13;13-10(14)7-12-9(11(15)16)6-8-4-2-1-3-5-8/h1-10,14H,11H2,(H,16,17)(H,19,20);1-5,9,12H,6-7H2,(H,13,14)(H,15,16)/t14-;9-/m00/s1. The fourth-order valence-electron chi connectivity index (χ4n) is 3.00.